The SMILES string of the molecule is CC(C)(C)OC(=O)N[C@@H](Cc1ccccc1)C(=O)N[C@@H](Cc1ccc(OCC(=O)O)c(C(=O)O)c1)C(=O)NNC(=O)CNC(=O)c1ccccc1. The van der Waals surface area contributed by atoms with Gasteiger partial charge in [-0.1, -0.05) is 54.6 Å². The van der Waals surface area contributed by atoms with E-state index in [0.29, 0.717) is 11.1 Å². The molecule has 0 aliphatic carbocycles. The zero-order valence-corrected chi connectivity index (χ0v) is 28.1. The minimum Gasteiger partial charge on any atom is -0.481 e. The molecule has 3 rings (SSSR count). The molecule has 270 valence electrons. The summed E-state index contributed by atoms with van der Waals surface area (Å²) in [6.07, 6.45) is -1.23. The number of hydrazine groups is 1. The number of amides is 5. The van der Waals surface area contributed by atoms with Gasteiger partial charge in [0.2, 0.25) is 5.91 Å². The molecule has 51 heavy (non-hydrogen) atoms. The van der Waals surface area contributed by atoms with Gasteiger partial charge >= 0.3 is 18.0 Å². The lowest BCUT2D eigenvalue weighted by atomic mass is 10.0. The van der Waals surface area contributed by atoms with Gasteiger partial charge in [0.25, 0.3) is 17.7 Å². The van der Waals surface area contributed by atoms with Crippen molar-refractivity contribution in [1.82, 2.24) is 26.8 Å². The molecule has 3 aromatic rings. The van der Waals surface area contributed by atoms with E-state index in [4.69, 9.17) is 14.6 Å². The molecule has 0 fully saturated rings. The van der Waals surface area contributed by atoms with E-state index in [9.17, 15) is 38.7 Å². The highest BCUT2D eigenvalue weighted by Crippen LogP contribution is 2.21. The van der Waals surface area contributed by atoms with Crippen LogP contribution in [-0.2, 0) is 36.8 Å². The first-order valence-corrected chi connectivity index (χ1v) is 15.6. The van der Waals surface area contributed by atoms with E-state index in [0.717, 1.165) is 6.07 Å². The van der Waals surface area contributed by atoms with Gasteiger partial charge < -0.3 is 35.6 Å². The van der Waals surface area contributed by atoms with Crippen molar-refractivity contribution in [3.05, 3.63) is 101 Å². The van der Waals surface area contributed by atoms with Crippen LogP contribution in [0.4, 0.5) is 4.79 Å². The van der Waals surface area contributed by atoms with Crippen LogP contribution in [0.25, 0.3) is 0 Å². The second-order valence-electron chi connectivity index (χ2n) is 12.1. The largest absolute Gasteiger partial charge is 0.481 e. The number of ether oxygens (including phenoxy) is 2. The van der Waals surface area contributed by atoms with E-state index >= 15 is 0 Å². The van der Waals surface area contributed by atoms with Gasteiger partial charge in [0.1, 0.15) is 29.0 Å². The topological polar surface area (TPSA) is 239 Å². The first-order valence-electron chi connectivity index (χ1n) is 15.6. The van der Waals surface area contributed by atoms with Crippen molar-refractivity contribution in [2.75, 3.05) is 13.2 Å². The summed E-state index contributed by atoms with van der Waals surface area (Å²) in [6.45, 7) is 3.61. The Labute approximate surface area is 292 Å². The molecule has 5 amide bonds. The van der Waals surface area contributed by atoms with Crippen molar-refractivity contribution in [3.8, 4) is 5.75 Å². The predicted molar refractivity (Wildman–Crippen MR) is 181 cm³/mol. The molecule has 0 radical (unpaired) electrons. The van der Waals surface area contributed by atoms with Gasteiger partial charge in [-0.05, 0) is 56.2 Å². The molecule has 16 nitrogen and oxygen atoms in total. The van der Waals surface area contributed by atoms with Crippen molar-refractivity contribution < 1.29 is 53.2 Å². The first kappa shape index (κ1) is 39.0. The summed E-state index contributed by atoms with van der Waals surface area (Å²) in [5.74, 6) is -6.12. The van der Waals surface area contributed by atoms with E-state index in [-0.39, 0.29) is 24.2 Å². The van der Waals surface area contributed by atoms with Gasteiger partial charge in [0.05, 0.1) is 6.54 Å². The second-order valence-corrected chi connectivity index (χ2v) is 12.1. The Bertz CT molecular complexity index is 1730. The highest BCUT2D eigenvalue weighted by molar-refractivity contribution is 5.97. The molecule has 7 N–H and O–H groups in total. The summed E-state index contributed by atoms with van der Waals surface area (Å²) in [5, 5.41) is 26.1. The highest BCUT2D eigenvalue weighted by atomic mass is 16.6. The van der Waals surface area contributed by atoms with Gasteiger partial charge in [-0.2, -0.15) is 0 Å². The minimum atomic E-state index is -1.47. The Balaban J connectivity index is 1.83. The average Bonchev–Trinajstić information content (AvgIpc) is 3.08. The Morgan fingerprint density at radius 2 is 1.33 bits per heavy atom. The quantitative estimate of drug-likeness (QED) is 0.112. The van der Waals surface area contributed by atoms with Crippen molar-refractivity contribution >= 4 is 41.7 Å². The maximum Gasteiger partial charge on any atom is 0.408 e. The van der Waals surface area contributed by atoms with Crippen LogP contribution in [-0.4, -0.2) is 82.7 Å². The van der Waals surface area contributed by atoms with E-state index in [1.54, 1.807) is 81.4 Å². The monoisotopic (exact) mass is 705 g/mol. The maximum atomic E-state index is 13.7. The van der Waals surface area contributed by atoms with E-state index in [2.05, 4.69) is 26.8 Å². The number of nitrogens with one attached hydrogen (secondary N) is 5. The lowest BCUT2D eigenvalue weighted by molar-refractivity contribution is -0.139. The molecule has 0 saturated heterocycles. The van der Waals surface area contributed by atoms with Crippen LogP contribution in [0.1, 0.15) is 52.6 Å². The summed E-state index contributed by atoms with van der Waals surface area (Å²) in [5.41, 5.74) is 4.24. The molecular formula is C35H39N5O11. The van der Waals surface area contributed by atoms with Crippen LogP contribution in [0, 0.1) is 0 Å². The Morgan fingerprint density at radius 1 is 0.725 bits per heavy atom. The third kappa shape index (κ3) is 13.5. The molecular weight excluding hydrogens is 666 g/mol. The Hall–Kier alpha value is -6.45. The van der Waals surface area contributed by atoms with Crippen LogP contribution in [0.2, 0.25) is 0 Å². The number of hydrogen-bond acceptors (Lipinski definition) is 9. The number of aliphatic carboxylic acids is 1. The van der Waals surface area contributed by atoms with Crippen molar-refractivity contribution in [1.29, 1.82) is 0 Å². The normalized spacial score (nSPS) is 11.9. The highest BCUT2D eigenvalue weighted by Gasteiger charge is 2.30. The number of carboxylic acids is 2. The molecule has 0 aliphatic rings. The van der Waals surface area contributed by atoms with Crippen LogP contribution in [0.5, 0.6) is 5.75 Å². The summed E-state index contributed by atoms with van der Waals surface area (Å²) in [4.78, 5) is 87.6. The number of carbonyl (C=O) groups is 7. The number of aromatic carboxylic acids is 1. The molecule has 16 heteroatoms. The lowest BCUT2D eigenvalue weighted by Gasteiger charge is -2.25. The van der Waals surface area contributed by atoms with Gasteiger partial charge in [-0.25, -0.2) is 14.4 Å². The molecule has 0 saturated carbocycles. The average molecular weight is 706 g/mol. The fraction of sp³-hybridized carbons (Fsp3) is 0.286. The van der Waals surface area contributed by atoms with Crippen molar-refractivity contribution in [2.45, 2.75) is 51.3 Å². The molecule has 0 heterocycles. The molecule has 0 bridgehead atoms. The fourth-order valence-corrected chi connectivity index (χ4v) is 4.48. The number of benzene rings is 3. The number of alkyl carbamates (subject to hydrolysis) is 1. The molecule has 0 unspecified atom stereocenters. The smallest absolute Gasteiger partial charge is 0.408 e. The van der Waals surface area contributed by atoms with Gasteiger partial charge in [0.15, 0.2) is 6.61 Å². The number of hydrogen-bond donors (Lipinski definition) is 7. The number of carboxylic acid groups (broad SMARTS) is 2. The number of carbonyl (C=O) groups excluding carboxylic acids is 5. The third-order valence-electron chi connectivity index (χ3n) is 6.76. The second kappa shape index (κ2) is 18.4. The maximum absolute atomic E-state index is 13.7. The van der Waals surface area contributed by atoms with Gasteiger partial charge in [-0.3, -0.25) is 30.0 Å². The zero-order valence-electron chi connectivity index (χ0n) is 28.1. The molecule has 2 atom stereocenters. The predicted octanol–water partition coefficient (Wildman–Crippen LogP) is 1.59. The lowest BCUT2D eigenvalue weighted by Crippen LogP contribution is -2.58. The molecule has 0 spiro atoms. The van der Waals surface area contributed by atoms with Crippen LogP contribution >= 0.6 is 0 Å². The summed E-state index contributed by atoms with van der Waals surface area (Å²) in [6, 6.07) is 17.8. The van der Waals surface area contributed by atoms with Crippen molar-refractivity contribution in [3.63, 3.8) is 0 Å². The fourth-order valence-electron chi connectivity index (χ4n) is 4.48. The van der Waals surface area contributed by atoms with Crippen molar-refractivity contribution in [2.24, 2.45) is 0 Å². The molecule has 0 aliphatic heterocycles. The summed E-state index contributed by atoms with van der Waals surface area (Å²) in [7, 11) is 0. The minimum absolute atomic E-state index is 0.00310. The van der Waals surface area contributed by atoms with Crippen LogP contribution in [0.15, 0.2) is 78.9 Å². The Morgan fingerprint density at radius 3 is 1.94 bits per heavy atom. The molecule has 3 aromatic carbocycles. The van der Waals surface area contributed by atoms with E-state index < -0.39 is 78.1 Å². The van der Waals surface area contributed by atoms with Crippen LogP contribution < -0.4 is 31.5 Å². The zero-order chi connectivity index (χ0) is 37.6. The van der Waals surface area contributed by atoms with E-state index in [1.165, 1.54) is 12.1 Å². The molecule has 0 aromatic heterocycles. The summed E-state index contributed by atoms with van der Waals surface area (Å²) >= 11 is 0. The first-order chi connectivity index (χ1) is 24.1. The summed E-state index contributed by atoms with van der Waals surface area (Å²) < 4.78 is 10.4. The standard InChI is InChI=1S/C35H39N5O11/c1-35(2,3)51-34(49)38-25(17-21-10-6-4-7-11-21)31(45)37-26(18-22-14-15-27(50-20-29(42)43)24(16-22)33(47)48)32(46)40-39-28(41)19-36-30(44)23-12-8-5-9-13-23/h4-16,25-26H,17-20H2,1-3H3,(H,36,44)(H,37,45)(H,38,49)(H,39,41)(H,40,46)(H,42,43)(H,47,48)/t25-,26-/m0/s1. The van der Waals surface area contributed by atoms with E-state index in [1.807, 2.05) is 0 Å². The van der Waals surface area contributed by atoms with Gasteiger partial charge in [-0.15, -0.1) is 0 Å². The Kier molecular flexibility index (Phi) is 14.0. The van der Waals surface area contributed by atoms with Gasteiger partial charge in [0, 0.05) is 18.4 Å². The van der Waals surface area contributed by atoms with Crippen LogP contribution in [0.3, 0.4) is 0 Å². The third-order valence-corrected chi connectivity index (χ3v) is 6.76. The number of rotatable bonds is 15.